The monoisotopic (exact) mass is 334 g/mol. The molecule has 2 rings (SSSR count). The molecule has 5 unspecified atom stereocenters. The lowest BCUT2D eigenvalue weighted by molar-refractivity contribution is -0.133. The standard InChI is InChI=1S/C21H34O3/c1-14(2)8-6-10-16(4)19-18(22)12-15(3)9-7-11-17-13-24-21(23-5)20(17)19/h8-9,11,16,18-22H,6-7,10,12-13H2,1-5H3. The molecule has 5 atom stereocenters. The van der Waals surface area contributed by atoms with Crippen LogP contribution in [0.1, 0.15) is 53.4 Å². The zero-order valence-electron chi connectivity index (χ0n) is 15.9. The Morgan fingerprint density at radius 3 is 2.83 bits per heavy atom. The van der Waals surface area contributed by atoms with Gasteiger partial charge in [-0.25, -0.2) is 0 Å². The van der Waals surface area contributed by atoms with Crippen LogP contribution < -0.4 is 0 Å². The van der Waals surface area contributed by atoms with Gasteiger partial charge in [0.15, 0.2) is 6.29 Å². The molecule has 24 heavy (non-hydrogen) atoms. The van der Waals surface area contributed by atoms with E-state index in [2.05, 4.69) is 45.9 Å². The fourth-order valence-corrected chi connectivity index (χ4v) is 4.15. The van der Waals surface area contributed by atoms with Crippen molar-refractivity contribution in [1.29, 1.82) is 0 Å². The van der Waals surface area contributed by atoms with Crippen LogP contribution in [0.15, 0.2) is 34.9 Å². The lowest BCUT2D eigenvalue weighted by atomic mass is 9.73. The minimum atomic E-state index is -0.353. The third-order valence-corrected chi connectivity index (χ3v) is 5.44. The molecule has 0 radical (unpaired) electrons. The molecule has 1 N–H and O–H groups in total. The molecule has 0 spiro atoms. The molecular weight excluding hydrogens is 300 g/mol. The fraction of sp³-hybridized carbons (Fsp3) is 0.714. The summed E-state index contributed by atoms with van der Waals surface area (Å²) in [6.07, 6.45) is 10.0. The highest BCUT2D eigenvalue weighted by molar-refractivity contribution is 5.19. The van der Waals surface area contributed by atoms with Crippen LogP contribution in [-0.4, -0.2) is 31.2 Å². The second-order valence-electron chi connectivity index (χ2n) is 7.69. The number of methoxy groups -OCH3 is 1. The second-order valence-corrected chi connectivity index (χ2v) is 7.69. The van der Waals surface area contributed by atoms with Crippen molar-refractivity contribution in [2.45, 2.75) is 65.8 Å². The number of hydrogen-bond donors (Lipinski definition) is 1. The molecule has 2 aliphatic rings. The molecule has 0 bridgehead atoms. The molecule has 3 heteroatoms. The van der Waals surface area contributed by atoms with Crippen LogP contribution in [0.25, 0.3) is 0 Å². The first-order chi connectivity index (χ1) is 11.4. The normalized spacial score (nSPS) is 31.9. The molecule has 0 amide bonds. The average Bonchev–Trinajstić information content (AvgIpc) is 2.90. The first-order valence-corrected chi connectivity index (χ1v) is 9.24. The number of allylic oxidation sites excluding steroid dienone is 4. The van der Waals surface area contributed by atoms with Crippen LogP contribution >= 0.6 is 0 Å². The van der Waals surface area contributed by atoms with E-state index in [-0.39, 0.29) is 24.2 Å². The molecule has 136 valence electrons. The van der Waals surface area contributed by atoms with Gasteiger partial charge in [0.05, 0.1) is 12.7 Å². The molecule has 1 fully saturated rings. The third kappa shape index (κ3) is 4.81. The van der Waals surface area contributed by atoms with E-state index >= 15 is 0 Å². The van der Waals surface area contributed by atoms with Gasteiger partial charge in [0.2, 0.25) is 0 Å². The van der Waals surface area contributed by atoms with Crippen LogP contribution in [0.3, 0.4) is 0 Å². The van der Waals surface area contributed by atoms with E-state index < -0.39 is 0 Å². The first-order valence-electron chi connectivity index (χ1n) is 9.24. The highest BCUT2D eigenvalue weighted by Crippen LogP contribution is 2.42. The molecule has 1 heterocycles. The van der Waals surface area contributed by atoms with Crippen LogP contribution in [0.4, 0.5) is 0 Å². The summed E-state index contributed by atoms with van der Waals surface area (Å²) < 4.78 is 11.5. The summed E-state index contributed by atoms with van der Waals surface area (Å²) in [6.45, 7) is 9.30. The maximum Gasteiger partial charge on any atom is 0.164 e. The van der Waals surface area contributed by atoms with Crippen molar-refractivity contribution in [2.75, 3.05) is 13.7 Å². The Bertz CT molecular complexity index is 499. The van der Waals surface area contributed by atoms with Crippen LogP contribution in [-0.2, 0) is 9.47 Å². The summed E-state index contributed by atoms with van der Waals surface area (Å²) in [4.78, 5) is 0. The number of aliphatic hydroxyl groups is 1. The molecule has 3 nitrogen and oxygen atoms in total. The van der Waals surface area contributed by atoms with E-state index in [9.17, 15) is 5.11 Å². The molecule has 1 aliphatic carbocycles. The summed E-state index contributed by atoms with van der Waals surface area (Å²) in [7, 11) is 1.71. The van der Waals surface area contributed by atoms with Gasteiger partial charge < -0.3 is 14.6 Å². The Hall–Kier alpha value is -0.900. The Morgan fingerprint density at radius 1 is 1.42 bits per heavy atom. The topological polar surface area (TPSA) is 38.7 Å². The minimum Gasteiger partial charge on any atom is -0.392 e. The summed E-state index contributed by atoms with van der Waals surface area (Å²) in [5.41, 5.74) is 3.93. The van der Waals surface area contributed by atoms with Crippen molar-refractivity contribution in [3.63, 3.8) is 0 Å². The highest BCUT2D eigenvalue weighted by Gasteiger charge is 2.43. The largest absolute Gasteiger partial charge is 0.392 e. The van der Waals surface area contributed by atoms with Crippen molar-refractivity contribution >= 4 is 0 Å². The molecule has 1 aliphatic heterocycles. The van der Waals surface area contributed by atoms with Crippen molar-refractivity contribution in [2.24, 2.45) is 17.8 Å². The second kappa shape index (κ2) is 8.98. The predicted molar refractivity (Wildman–Crippen MR) is 98.6 cm³/mol. The van der Waals surface area contributed by atoms with E-state index in [1.807, 2.05) is 0 Å². The predicted octanol–water partition coefficient (Wildman–Crippen LogP) is 4.63. The number of fused-ring (bicyclic) bond motifs is 1. The van der Waals surface area contributed by atoms with Gasteiger partial charge in [-0.1, -0.05) is 36.3 Å². The number of ether oxygens (including phenoxy) is 2. The van der Waals surface area contributed by atoms with Gasteiger partial charge in [-0.3, -0.25) is 0 Å². The SMILES string of the molecule is COC1OCC2=CCC=C(C)CC(O)C(C(C)CCC=C(C)C)C21. The number of hydrogen-bond acceptors (Lipinski definition) is 3. The number of rotatable bonds is 5. The van der Waals surface area contributed by atoms with E-state index in [4.69, 9.17) is 9.47 Å². The average molecular weight is 335 g/mol. The van der Waals surface area contributed by atoms with Gasteiger partial charge in [0, 0.05) is 13.0 Å². The molecule has 1 saturated heterocycles. The van der Waals surface area contributed by atoms with Crippen molar-refractivity contribution in [3.05, 3.63) is 34.9 Å². The van der Waals surface area contributed by atoms with E-state index in [1.54, 1.807) is 7.11 Å². The Balaban J connectivity index is 2.26. The van der Waals surface area contributed by atoms with Gasteiger partial charge in [0.1, 0.15) is 0 Å². The molecule has 0 aromatic carbocycles. The molecular formula is C21H34O3. The fourth-order valence-electron chi connectivity index (χ4n) is 4.15. The Morgan fingerprint density at radius 2 is 2.17 bits per heavy atom. The summed E-state index contributed by atoms with van der Waals surface area (Å²) in [6, 6.07) is 0. The zero-order chi connectivity index (χ0) is 17.7. The molecule has 0 saturated carbocycles. The maximum atomic E-state index is 11.0. The summed E-state index contributed by atoms with van der Waals surface area (Å²) in [5.74, 6) is 0.732. The lowest BCUT2D eigenvalue weighted by Gasteiger charge is -2.36. The van der Waals surface area contributed by atoms with Crippen molar-refractivity contribution in [3.8, 4) is 0 Å². The van der Waals surface area contributed by atoms with Crippen LogP contribution in [0.2, 0.25) is 0 Å². The summed E-state index contributed by atoms with van der Waals surface area (Å²) in [5, 5.41) is 11.0. The maximum absolute atomic E-state index is 11.0. The quantitative estimate of drug-likeness (QED) is 0.745. The van der Waals surface area contributed by atoms with Gasteiger partial charge in [-0.05, 0) is 63.9 Å². The van der Waals surface area contributed by atoms with Gasteiger partial charge in [-0.15, -0.1) is 0 Å². The van der Waals surface area contributed by atoms with Gasteiger partial charge in [-0.2, -0.15) is 0 Å². The third-order valence-electron chi connectivity index (χ3n) is 5.44. The minimum absolute atomic E-state index is 0.158. The molecule has 0 aromatic heterocycles. The van der Waals surface area contributed by atoms with Crippen LogP contribution in [0, 0.1) is 17.8 Å². The molecule has 0 aromatic rings. The lowest BCUT2D eigenvalue weighted by Crippen LogP contribution is -2.38. The van der Waals surface area contributed by atoms with Crippen molar-refractivity contribution in [1.82, 2.24) is 0 Å². The van der Waals surface area contributed by atoms with Crippen LogP contribution in [0.5, 0.6) is 0 Å². The van der Waals surface area contributed by atoms with E-state index in [0.29, 0.717) is 12.5 Å². The smallest absolute Gasteiger partial charge is 0.164 e. The van der Waals surface area contributed by atoms with Gasteiger partial charge in [0.25, 0.3) is 0 Å². The Labute approximate surface area is 147 Å². The van der Waals surface area contributed by atoms with Gasteiger partial charge >= 0.3 is 0 Å². The Kier molecular flexibility index (Phi) is 7.27. The van der Waals surface area contributed by atoms with E-state index in [0.717, 1.165) is 25.7 Å². The number of aliphatic hydroxyl groups excluding tert-OH is 1. The highest BCUT2D eigenvalue weighted by atomic mass is 16.7. The first kappa shape index (κ1) is 19.4. The van der Waals surface area contributed by atoms with E-state index in [1.165, 1.54) is 16.7 Å². The summed E-state index contributed by atoms with van der Waals surface area (Å²) >= 11 is 0. The van der Waals surface area contributed by atoms with Crippen molar-refractivity contribution < 1.29 is 14.6 Å². The zero-order valence-corrected chi connectivity index (χ0v) is 15.9.